The van der Waals surface area contributed by atoms with Gasteiger partial charge in [-0.05, 0) is 11.5 Å². The van der Waals surface area contributed by atoms with Gasteiger partial charge in [0.05, 0.1) is 25.1 Å². The zero-order valence-corrected chi connectivity index (χ0v) is 14.6. The largest absolute Gasteiger partial charge is 0.381 e. The molecule has 0 amide bonds. The molecule has 4 heterocycles. The minimum atomic E-state index is -1.23. The van der Waals surface area contributed by atoms with Crippen LogP contribution in [0.25, 0.3) is 20.5 Å². The highest BCUT2D eigenvalue weighted by atomic mass is 32.1. The lowest BCUT2D eigenvalue weighted by Gasteiger charge is -2.43. The van der Waals surface area contributed by atoms with Crippen molar-refractivity contribution in [2.75, 3.05) is 6.61 Å². The molecule has 0 bridgehead atoms. The van der Waals surface area contributed by atoms with Gasteiger partial charge in [0.15, 0.2) is 0 Å². The van der Waals surface area contributed by atoms with Crippen LogP contribution in [0.15, 0.2) is 23.3 Å². The molecule has 3 N–H and O–H groups in total. The van der Waals surface area contributed by atoms with Crippen LogP contribution in [-0.4, -0.2) is 26.9 Å². The molecule has 126 valence electrons. The fourth-order valence-electron chi connectivity index (χ4n) is 3.16. The Hall–Kier alpha value is -1.96. The second kappa shape index (κ2) is 5.02. The normalized spacial score (nSPS) is 21.2. The van der Waals surface area contributed by atoms with Gasteiger partial charge in [-0.3, -0.25) is 9.89 Å². The van der Waals surface area contributed by atoms with Gasteiger partial charge >= 0.3 is 0 Å². The number of aromatic amines is 2. The maximum atomic E-state index is 12.6. The maximum Gasteiger partial charge on any atom is 0.266 e. The Morgan fingerprint density at radius 2 is 2.21 bits per heavy atom. The molecular weight excluding hydrogens is 326 g/mol. The number of pyridine rings is 1. The molecule has 1 atom stereocenters. The summed E-state index contributed by atoms with van der Waals surface area (Å²) in [5, 5.41) is 18.8. The van der Waals surface area contributed by atoms with Crippen molar-refractivity contribution in [3.05, 3.63) is 40.1 Å². The van der Waals surface area contributed by atoms with E-state index in [4.69, 9.17) is 4.74 Å². The number of hydrogen-bond donors (Lipinski definition) is 3. The number of ether oxygens (including phenoxy) is 1. The van der Waals surface area contributed by atoms with E-state index in [0.717, 1.165) is 21.4 Å². The lowest BCUT2D eigenvalue weighted by molar-refractivity contribution is -0.139. The third-order valence-corrected chi connectivity index (χ3v) is 5.98. The van der Waals surface area contributed by atoms with Crippen molar-refractivity contribution < 1.29 is 9.84 Å². The van der Waals surface area contributed by atoms with E-state index in [9.17, 15) is 9.90 Å². The zero-order chi connectivity index (χ0) is 17.1. The average molecular weight is 345 g/mol. The number of H-pyrrole nitrogens is 2. The van der Waals surface area contributed by atoms with Crippen LogP contribution < -0.4 is 5.56 Å². The van der Waals surface area contributed by atoms with Crippen LogP contribution in [-0.2, 0) is 16.9 Å². The lowest BCUT2D eigenvalue weighted by Crippen LogP contribution is -2.48. The molecule has 0 aliphatic carbocycles. The number of aliphatic hydroxyl groups is 1. The molecule has 0 saturated heterocycles. The first-order valence-electron chi connectivity index (χ1n) is 7.80. The van der Waals surface area contributed by atoms with Gasteiger partial charge in [0.1, 0.15) is 10.3 Å². The summed E-state index contributed by atoms with van der Waals surface area (Å²) in [6.45, 7) is 6.38. The van der Waals surface area contributed by atoms with Crippen LogP contribution in [0.4, 0.5) is 0 Å². The maximum absolute atomic E-state index is 12.6. The summed E-state index contributed by atoms with van der Waals surface area (Å²) in [6.07, 6.45) is 3.53. The fraction of sp³-hybridized carbons (Fsp3) is 0.412. The molecule has 3 aromatic heterocycles. The summed E-state index contributed by atoms with van der Waals surface area (Å²) in [6, 6.07) is 1.98. The topological polar surface area (TPSA) is 91.0 Å². The highest BCUT2D eigenvalue weighted by molar-refractivity contribution is 7.22. The van der Waals surface area contributed by atoms with Crippen LogP contribution in [0.2, 0.25) is 0 Å². The van der Waals surface area contributed by atoms with Gasteiger partial charge in [0.25, 0.3) is 5.56 Å². The SMILES string of the molecule is CC(C)(C)[C@@]1(O)COCc2c1[nH]c(=O)c1sc(-c3cn[nH]c3)cc21. The predicted molar refractivity (Wildman–Crippen MR) is 93.0 cm³/mol. The van der Waals surface area contributed by atoms with Crippen molar-refractivity contribution in [3.8, 4) is 10.4 Å². The Bertz CT molecular complexity index is 966. The molecule has 7 heteroatoms. The van der Waals surface area contributed by atoms with Gasteiger partial charge in [-0.15, -0.1) is 11.3 Å². The van der Waals surface area contributed by atoms with E-state index in [2.05, 4.69) is 15.2 Å². The standard InChI is InChI=1S/C17H19N3O3S/c1-16(2,3)17(22)8-23-7-11-10-4-12(9-5-18-19-6-9)24-13(10)15(21)20-14(11)17/h4-6,22H,7-8H2,1-3H3,(H,18,19)(H,20,21)/t17-/m1/s1. The number of nitrogens with one attached hydrogen (secondary N) is 2. The highest BCUT2D eigenvalue weighted by Crippen LogP contribution is 2.45. The van der Waals surface area contributed by atoms with Crippen molar-refractivity contribution in [2.24, 2.45) is 5.41 Å². The number of thiophene rings is 1. The van der Waals surface area contributed by atoms with Gasteiger partial charge in [-0.2, -0.15) is 5.10 Å². The molecule has 1 aliphatic rings. The Morgan fingerprint density at radius 1 is 1.42 bits per heavy atom. The third kappa shape index (κ3) is 2.08. The predicted octanol–water partition coefficient (Wildman–Crippen LogP) is 2.74. The average Bonchev–Trinajstić information content (AvgIpc) is 3.16. The number of hydrogen-bond acceptors (Lipinski definition) is 5. The van der Waals surface area contributed by atoms with E-state index in [1.54, 1.807) is 12.4 Å². The molecule has 4 rings (SSSR count). The van der Waals surface area contributed by atoms with Crippen molar-refractivity contribution in [2.45, 2.75) is 33.0 Å². The van der Waals surface area contributed by atoms with E-state index >= 15 is 0 Å². The number of aromatic nitrogens is 3. The van der Waals surface area contributed by atoms with E-state index in [-0.39, 0.29) is 12.2 Å². The molecule has 0 spiro atoms. The Balaban J connectivity index is 2.01. The van der Waals surface area contributed by atoms with Gasteiger partial charge in [0.2, 0.25) is 0 Å². The highest BCUT2D eigenvalue weighted by Gasteiger charge is 2.47. The van der Waals surface area contributed by atoms with Crippen molar-refractivity contribution in [3.63, 3.8) is 0 Å². The van der Waals surface area contributed by atoms with Gasteiger partial charge < -0.3 is 14.8 Å². The van der Waals surface area contributed by atoms with E-state index in [1.807, 2.05) is 26.8 Å². The Kier molecular flexibility index (Phi) is 3.25. The molecule has 3 aromatic rings. The lowest BCUT2D eigenvalue weighted by atomic mass is 9.72. The summed E-state index contributed by atoms with van der Waals surface area (Å²) in [5.74, 6) is 0. The zero-order valence-electron chi connectivity index (χ0n) is 13.8. The summed E-state index contributed by atoms with van der Waals surface area (Å²) < 4.78 is 6.35. The molecule has 0 aromatic carbocycles. The van der Waals surface area contributed by atoms with Crippen LogP contribution in [0.3, 0.4) is 0 Å². The minimum Gasteiger partial charge on any atom is -0.381 e. The van der Waals surface area contributed by atoms with Crippen LogP contribution >= 0.6 is 11.3 Å². The molecule has 0 saturated carbocycles. The van der Waals surface area contributed by atoms with E-state index in [0.29, 0.717) is 17.0 Å². The number of fused-ring (bicyclic) bond motifs is 3. The summed E-state index contributed by atoms with van der Waals surface area (Å²) in [5.41, 5.74) is 0.503. The van der Waals surface area contributed by atoms with Gasteiger partial charge in [-0.25, -0.2) is 0 Å². The minimum absolute atomic E-state index is 0.170. The van der Waals surface area contributed by atoms with Crippen molar-refractivity contribution in [1.82, 2.24) is 15.2 Å². The third-order valence-electron chi connectivity index (χ3n) is 4.80. The first-order chi connectivity index (χ1) is 11.3. The summed E-state index contributed by atoms with van der Waals surface area (Å²) in [4.78, 5) is 16.5. The van der Waals surface area contributed by atoms with Crippen LogP contribution in [0, 0.1) is 5.41 Å². The van der Waals surface area contributed by atoms with Crippen molar-refractivity contribution >= 4 is 21.4 Å². The summed E-state index contributed by atoms with van der Waals surface area (Å²) >= 11 is 1.42. The molecule has 0 radical (unpaired) electrons. The molecule has 6 nitrogen and oxygen atoms in total. The molecule has 0 unspecified atom stereocenters. The number of nitrogens with zero attached hydrogens (tertiary/aromatic N) is 1. The van der Waals surface area contributed by atoms with Crippen molar-refractivity contribution in [1.29, 1.82) is 0 Å². The Morgan fingerprint density at radius 3 is 2.88 bits per heavy atom. The molecule has 24 heavy (non-hydrogen) atoms. The smallest absolute Gasteiger partial charge is 0.266 e. The monoisotopic (exact) mass is 345 g/mol. The quantitative estimate of drug-likeness (QED) is 0.632. The second-order valence-corrected chi connectivity index (χ2v) is 8.30. The fourth-order valence-corrected chi connectivity index (χ4v) is 4.22. The molecule has 1 aliphatic heterocycles. The summed E-state index contributed by atoms with van der Waals surface area (Å²) in [7, 11) is 0. The molecule has 0 fully saturated rings. The van der Waals surface area contributed by atoms with Gasteiger partial charge in [0, 0.05) is 27.6 Å². The van der Waals surface area contributed by atoms with Crippen LogP contribution in [0.5, 0.6) is 0 Å². The second-order valence-electron chi connectivity index (χ2n) is 7.25. The first kappa shape index (κ1) is 15.6. The van der Waals surface area contributed by atoms with E-state index < -0.39 is 11.0 Å². The van der Waals surface area contributed by atoms with Gasteiger partial charge in [-0.1, -0.05) is 20.8 Å². The van der Waals surface area contributed by atoms with Crippen LogP contribution in [0.1, 0.15) is 32.0 Å². The molecular formula is C17H19N3O3S. The first-order valence-corrected chi connectivity index (χ1v) is 8.61. The number of rotatable bonds is 1. The van der Waals surface area contributed by atoms with E-state index in [1.165, 1.54) is 11.3 Å². The Labute approximate surface area is 142 Å².